The van der Waals surface area contributed by atoms with Crippen LogP contribution in [-0.4, -0.2) is 41.0 Å². The summed E-state index contributed by atoms with van der Waals surface area (Å²) in [6, 6.07) is 14.5. The highest BCUT2D eigenvalue weighted by molar-refractivity contribution is 7.15. The van der Waals surface area contributed by atoms with Crippen LogP contribution in [0.5, 0.6) is 0 Å². The first-order chi connectivity index (χ1) is 15.9. The number of rotatable bonds is 7. The molecule has 1 aliphatic rings. The van der Waals surface area contributed by atoms with E-state index in [0.717, 1.165) is 11.3 Å². The van der Waals surface area contributed by atoms with Gasteiger partial charge in [-0.2, -0.15) is 0 Å². The quantitative estimate of drug-likeness (QED) is 0.535. The average molecular weight is 484 g/mol. The fourth-order valence-corrected chi connectivity index (χ4v) is 4.53. The molecule has 1 unspecified atom stereocenters. The van der Waals surface area contributed by atoms with Gasteiger partial charge in [0.1, 0.15) is 5.01 Å². The number of hydrogen-bond donors (Lipinski definition) is 2. The highest BCUT2D eigenvalue weighted by Crippen LogP contribution is 2.27. The fraction of sp³-hybridized carbons (Fsp3) is 0.261. The molecule has 1 saturated heterocycles. The van der Waals surface area contributed by atoms with Crippen molar-refractivity contribution in [3.05, 3.63) is 69.7 Å². The molecule has 0 aliphatic carbocycles. The summed E-state index contributed by atoms with van der Waals surface area (Å²) in [5.41, 5.74) is 2.26. The van der Waals surface area contributed by atoms with Gasteiger partial charge in [-0.1, -0.05) is 47.2 Å². The largest absolute Gasteiger partial charge is 0.352 e. The van der Waals surface area contributed by atoms with Crippen LogP contribution in [0.2, 0.25) is 5.02 Å². The maximum atomic E-state index is 12.7. The van der Waals surface area contributed by atoms with Crippen molar-refractivity contribution in [1.82, 2.24) is 15.5 Å². The summed E-state index contributed by atoms with van der Waals surface area (Å²) in [7, 11) is 0. The number of amides is 3. The Bertz CT molecular complexity index is 1200. The molecular weight excluding hydrogens is 462 g/mol. The third kappa shape index (κ3) is 5.55. The van der Waals surface area contributed by atoms with Crippen LogP contribution >= 0.6 is 22.9 Å². The summed E-state index contributed by atoms with van der Waals surface area (Å²) in [6.45, 7) is 2.65. The van der Waals surface area contributed by atoms with E-state index in [4.69, 9.17) is 11.6 Å². The normalized spacial score (nSPS) is 15.5. The Labute approximate surface area is 200 Å². The van der Waals surface area contributed by atoms with Crippen molar-refractivity contribution in [3.8, 4) is 0 Å². The molecule has 1 aromatic heterocycles. The van der Waals surface area contributed by atoms with Crippen LogP contribution in [0.1, 0.15) is 27.3 Å². The number of carbonyl (C=O) groups excluding carboxylic acids is 3. The molecule has 33 heavy (non-hydrogen) atoms. The molecule has 1 aliphatic heterocycles. The number of hydrogen-bond acceptors (Lipinski definition) is 6. The summed E-state index contributed by atoms with van der Waals surface area (Å²) in [4.78, 5) is 39.0. The Balaban J connectivity index is 1.28. The minimum Gasteiger partial charge on any atom is -0.352 e. The van der Waals surface area contributed by atoms with Crippen LogP contribution < -0.4 is 15.5 Å². The summed E-state index contributed by atoms with van der Waals surface area (Å²) >= 11 is 7.28. The van der Waals surface area contributed by atoms with Crippen molar-refractivity contribution in [3.63, 3.8) is 0 Å². The zero-order valence-electron chi connectivity index (χ0n) is 17.9. The SMILES string of the molecule is Cc1cccc(N2CC(C(=O)Nc3nnc(CCNC(=O)c4ccccc4Cl)s3)CC2=O)c1. The Morgan fingerprint density at radius 1 is 1.18 bits per heavy atom. The van der Waals surface area contributed by atoms with Crippen molar-refractivity contribution in [1.29, 1.82) is 0 Å². The molecule has 4 rings (SSSR count). The molecule has 3 aromatic rings. The molecule has 8 nitrogen and oxygen atoms in total. The number of halogens is 1. The van der Waals surface area contributed by atoms with Crippen molar-refractivity contribution in [2.24, 2.45) is 5.92 Å². The van der Waals surface area contributed by atoms with E-state index < -0.39 is 5.92 Å². The van der Waals surface area contributed by atoms with Gasteiger partial charge >= 0.3 is 0 Å². The summed E-state index contributed by atoms with van der Waals surface area (Å²) < 4.78 is 0. The lowest BCUT2D eigenvalue weighted by Gasteiger charge is -2.17. The highest BCUT2D eigenvalue weighted by Gasteiger charge is 2.35. The van der Waals surface area contributed by atoms with Gasteiger partial charge in [-0.25, -0.2) is 0 Å². The van der Waals surface area contributed by atoms with Gasteiger partial charge < -0.3 is 15.5 Å². The minimum absolute atomic E-state index is 0.0760. The number of nitrogens with zero attached hydrogens (tertiary/aromatic N) is 3. The van der Waals surface area contributed by atoms with Gasteiger partial charge in [0.15, 0.2) is 0 Å². The molecule has 2 aromatic carbocycles. The van der Waals surface area contributed by atoms with E-state index in [9.17, 15) is 14.4 Å². The molecule has 3 amide bonds. The van der Waals surface area contributed by atoms with Crippen molar-refractivity contribution in [2.45, 2.75) is 19.8 Å². The summed E-state index contributed by atoms with van der Waals surface area (Å²) in [5, 5.41) is 15.1. The first-order valence-corrected chi connectivity index (χ1v) is 11.6. The molecule has 0 radical (unpaired) electrons. The van der Waals surface area contributed by atoms with Gasteiger partial charge in [0, 0.05) is 31.6 Å². The second kappa shape index (κ2) is 10.1. The molecular formula is C23H22ClN5O3S. The van der Waals surface area contributed by atoms with Crippen molar-refractivity contribution >= 4 is 51.5 Å². The van der Waals surface area contributed by atoms with Crippen LogP contribution in [0.25, 0.3) is 0 Å². The fourth-order valence-electron chi connectivity index (χ4n) is 3.56. The van der Waals surface area contributed by atoms with Crippen LogP contribution in [0.15, 0.2) is 48.5 Å². The molecule has 1 fully saturated rings. The zero-order chi connectivity index (χ0) is 23.4. The maximum Gasteiger partial charge on any atom is 0.252 e. The van der Waals surface area contributed by atoms with Gasteiger partial charge in [0.05, 0.1) is 16.5 Å². The van der Waals surface area contributed by atoms with Gasteiger partial charge in [-0.05, 0) is 36.8 Å². The molecule has 170 valence electrons. The number of nitrogens with one attached hydrogen (secondary N) is 2. The number of carbonyl (C=O) groups is 3. The second-order valence-corrected chi connectivity index (χ2v) is 9.19. The molecule has 0 bridgehead atoms. The number of anilines is 2. The summed E-state index contributed by atoms with van der Waals surface area (Å²) in [5.74, 6) is -1.05. The van der Waals surface area contributed by atoms with E-state index in [0.29, 0.717) is 40.2 Å². The third-order valence-electron chi connectivity index (χ3n) is 5.25. The van der Waals surface area contributed by atoms with Crippen molar-refractivity contribution < 1.29 is 14.4 Å². The molecule has 10 heteroatoms. The molecule has 1 atom stereocenters. The molecule has 0 saturated carbocycles. The minimum atomic E-state index is -0.458. The van der Waals surface area contributed by atoms with Gasteiger partial charge in [-0.3, -0.25) is 14.4 Å². The van der Waals surface area contributed by atoms with E-state index in [-0.39, 0.29) is 24.1 Å². The lowest BCUT2D eigenvalue weighted by molar-refractivity contribution is -0.122. The van der Waals surface area contributed by atoms with Crippen molar-refractivity contribution in [2.75, 3.05) is 23.3 Å². The predicted octanol–water partition coefficient (Wildman–Crippen LogP) is 3.46. The van der Waals surface area contributed by atoms with Gasteiger partial charge in [0.25, 0.3) is 5.91 Å². The van der Waals surface area contributed by atoms with Gasteiger partial charge in [0.2, 0.25) is 16.9 Å². The maximum absolute atomic E-state index is 12.7. The first-order valence-electron chi connectivity index (χ1n) is 10.4. The third-order valence-corrected chi connectivity index (χ3v) is 6.48. The molecule has 2 N–H and O–H groups in total. The predicted molar refractivity (Wildman–Crippen MR) is 128 cm³/mol. The smallest absolute Gasteiger partial charge is 0.252 e. The standard InChI is InChI=1S/C23H22ClN5O3S/c1-14-5-4-6-16(11-14)29-13-15(12-20(29)30)21(31)26-23-28-27-19(33-23)9-10-25-22(32)17-7-2-3-8-18(17)24/h2-8,11,15H,9-10,12-13H2,1H3,(H,25,32)(H,26,28,31). The number of benzene rings is 2. The number of aromatic nitrogens is 2. The van der Waals surface area contributed by atoms with E-state index in [2.05, 4.69) is 20.8 Å². The Morgan fingerprint density at radius 2 is 2.00 bits per heavy atom. The van der Waals surface area contributed by atoms with Gasteiger partial charge in [-0.15, -0.1) is 10.2 Å². The average Bonchev–Trinajstić information content (AvgIpc) is 3.40. The van der Waals surface area contributed by atoms with Crippen LogP contribution in [0.3, 0.4) is 0 Å². The summed E-state index contributed by atoms with van der Waals surface area (Å²) in [6.07, 6.45) is 0.617. The highest BCUT2D eigenvalue weighted by atomic mass is 35.5. The Hall–Kier alpha value is -3.30. The first kappa shape index (κ1) is 22.9. The lowest BCUT2D eigenvalue weighted by atomic mass is 10.1. The van der Waals surface area contributed by atoms with Crippen LogP contribution in [-0.2, 0) is 16.0 Å². The molecule has 0 spiro atoms. The Morgan fingerprint density at radius 3 is 2.79 bits per heavy atom. The number of aryl methyl sites for hydroxylation is 1. The van der Waals surface area contributed by atoms with E-state index in [1.807, 2.05) is 31.2 Å². The molecule has 2 heterocycles. The van der Waals surface area contributed by atoms with E-state index in [1.54, 1.807) is 29.2 Å². The topological polar surface area (TPSA) is 104 Å². The lowest BCUT2D eigenvalue weighted by Crippen LogP contribution is -2.28. The van der Waals surface area contributed by atoms with Crippen LogP contribution in [0.4, 0.5) is 10.8 Å². The monoisotopic (exact) mass is 483 g/mol. The Kier molecular flexibility index (Phi) is 7.00. The van der Waals surface area contributed by atoms with E-state index >= 15 is 0 Å². The van der Waals surface area contributed by atoms with Crippen LogP contribution in [0, 0.1) is 12.8 Å². The second-order valence-electron chi connectivity index (χ2n) is 7.72. The van der Waals surface area contributed by atoms with E-state index in [1.165, 1.54) is 11.3 Å². The zero-order valence-corrected chi connectivity index (χ0v) is 19.4.